The Balaban J connectivity index is 1.56. The van der Waals surface area contributed by atoms with Crippen LogP contribution in [0.4, 0.5) is 0 Å². The van der Waals surface area contributed by atoms with Crippen molar-refractivity contribution in [2.24, 2.45) is 0 Å². The Labute approximate surface area is 165 Å². The predicted molar refractivity (Wildman–Crippen MR) is 101 cm³/mol. The highest BCUT2D eigenvalue weighted by atomic mass is 32.2. The van der Waals surface area contributed by atoms with Crippen LogP contribution in [0.15, 0.2) is 71.9 Å². The molecule has 0 saturated carbocycles. The van der Waals surface area contributed by atoms with Gasteiger partial charge in [0, 0.05) is 12.4 Å². The third-order valence-electron chi connectivity index (χ3n) is 4.43. The lowest BCUT2D eigenvalue weighted by Gasteiger charge is -2.11. The molecule has 0 aliphatic carbocycles. The highest BCUT2D eigenvalue weighted by Gasteiger charge is 2.39. The van der Waals surface area contributed by atoms with E-state index in [2.05, 4.69) is 0 Å². The molecule has 4 rings (SSSR count). The smallest absolute Gasteiger partial charge is 0.324 e. The van der Waals surface area contributed by atoms with Crippen molar-refractivity contribution in [1.29, 1.82) is 0 Å². The Morgan fingerprint density at radius 2 is 1.48 bits per heavy atom. The minimum absolute atomic E-state index is 0.0546. The van der Waals surface area contributed by atoms with E-state index < -0.39 is 27.8 Å². The lowest BCUT2D eigenvalue weighted by Crippen LogP contribution is -2.32. The van der Waals surface area contributed by atoms with Crippen LogP contribution in [-0.2, 0) is 14.9 Å². The number of hydrogen-bond acceptors (Lipinski definition) is 6. The van der Waals surface area contributed by atoms with Crippen molar-refractivity contribution in [3.05, 3.63) is 89.2 Å². The molecule has 0 N–H and O–H groups in total. The molecule has 8 nitrogen and oxygen atoms in total. The number of amides is 2. The highest BCUT2D eigenvalue weighted by molar-refractivity contribution is 7.90. The number of benzene rings is 2. The van der Waals surface area contributed by atoms with E-state index in [1.54, 1.807) is 24.3 Å². The summed E-state index contributed by atoms with van der Waals surface area (Å²) in [7, 11) is -3.90. The molecule has 0 unspecified atom stereocenters. The van der Waals surface area contributed by atoms with Crippen molar-refractivity contribution in [3.8, 4) is 0 Å². The third-order valence-corrected chi connectivity index (χ3v) is 6.08. The van der Waals surface area contributed by atoms with E-state index in [1.165, 1.54) is 36.5 Å². The van der Waals surface area contributed by atoms with E-state index in [-0.39, 0.29) is 21.6 Å². The highest BCUT2D eigenvalue weighted by Crippen LogP contribution is 2.24. The van der Waals surface area contributed by atoms with Crippen LogP contribution >= 0.6 is 0 Å². The zero-order valence-electron chi connectivity index (χ0n) is 15.1. The van der Waals surface area contributed by atoms with E-state index in [1.807, 2.05) is 6.92 Å². The van der Waals surface area contributed by atoms with Crippen LogP contribution < -0.4 is 0 Å². The Hall–Kier alpha value is -3.72. The van der Waals surface area contributed by atoms with Gasteiger partial charge in [0.25, 0.3) is 21.8 Å². The first-order chi connectivity index (χ1) is 13.8. The van der Waals surface area contributed by atoms with Crippen molar-refractivity contribution in [2.75, 3.05) is 0 Å². The summed E-state index contributed by atoms with van der Waals surface area (Å²) in [6, 6.07) is 13.6. The van der Waals surface area contributed by atoms with Crippen LogP contribution in [0.5, 0.6) is 0 Å². The second-order valence-electron chi connectivity index (χ2n) is 6.38. The monoisotopic (exact) mass is 410 g/mol. The van der Waals surface area contributed by atoms with Gasteiger partial charge in [0.15, 0.2) is 0 Å². The maximum Gasteiger partial charge on any atom is 0.365 e. The maximum absolute atomic E-state index is 12.7. The molecular weight excluding hydrogens is 396 g/mol. The molecule has 3 aromatic rings. The number of hydroxylamine groups is 2. The number of hydrogen-bond donors (Lipinski definition) is 0. The van der Waals surface area contributed by atoms with Gasteiger partial charge in [-0.05, 0) is 37.3 Å². The molecule has 9 heteroatoms. The molecule has 2 amide bonds. The molecule has 1 aromatic heterocycles. The molecule has 0 fully saturated rings. The molecule has 1 aliphatic rings. The lowest BCUT2D eigenvalue weighted by atomic mass is 10.1. The van der Waals surface area contributed by atoms with Crippen LogP contribution in [0.1, 0.15) is 36.6 Å². The number of carbonyl (C=O) groups excluding carboxylic acids is 3. The normalized spacial score (nSPS) is 13.5. The fraction of sp³-hybridized carbons (Fsp3) is 0.0500. The van der Waals surface area contributed by atoms with Gasteiger partial charge >= 0.3 is 5.97 Å². The van der Waals surface area contributed by atoms with Crippen molar-refractivity contribution in [2.45, 2.75) is 11.8 Å². The van der Waals surface area contributed by atoms with Crippen LogP contribution in [0.3, 0.4) is 0 Å². The SMILES string of the molecule is Cc1ccc(S(=O)(=O)n2ccc(C(=O)ON3C(=O)c4ccccc4C3=O)c2)cc1. The summed E-state index contributed by atoms with van der Waals surface area (Å²) >= 11 is 0. The summed E-state index contributed by atoms with van der Waals surface area (Å²) in [5, 5.41) is 0.374. The number of rotatable bonds is 4. The molecule has 29 heavy (non-hydrogen) atoms. The number of aryl methyl sites for hydroxylation is 1. The molecule has 146 valence electrons. The van der Waals surface area contributed by atoms with Gasteiger partial charge in [0.2, 0.25) is 0 Å². The minimum atomic E-state index is -3.90. The van der Waals surface area contributed by atoms with Gasteiger partial charge in [0.1, 0.15) is 0 Å². The molecule has 0 atom stereocenters. The Bertz CT molecular complexity index is 1220. The Morgan fingerprint density at radius 3 is 2.07 bits per heavy atom. The zero-order valence-corrected chi connectivity index (χ0v) is 15.9. The van der Waals surface area contributed by atoms with E-state index in [9.17, 15) is 22.8 Å². The summed E-state index contributed by atoms with van der Waals surface area (Å²) in [5.41, 5.74) is 1.04. The number of carbonyl (C=O) groups is 3. The van der Waals surface area contributed by atoms with Crippen LogP contribution in [0, 0.1) is 6.92 Å². The minimum Gasteiger partial charge on any atom is -0.324 e. The maximum atomic E-state index is 12.7. The topological polar surface area (TPSA) is 103 Å². The molecular formula is C20H14N2O6S. The quantitative estimate of drug-likeness (QED) is 0.612. The van der Waals surface area contributed by atoms with Gasteiger partial charge in [-0.1, -0.05) is 34.9 Å². The van der Waals surface area contributed by atoms with E-state index >= 15 is 0 Å². The van der Waals surface area contributed by atoms with Gasteiger partial charge in [-0.2, -0.15) is 0 Å². The Kier molecular flexibility index (Phi) is 4.31. The molecule has 1 aliphatic heterocycles. The van der Waals surface area contributed by atoms with E-state index in [0.29, 0.717) is 5.06 Å². The van der Waals surface area contributed by atoms with E-state index in [4.69, 9.17) is 4.84 Å². The average Bonchev–Trinajstić information content (AvgIpc) is 3.30. The van der Waals surface area contributed by atoms with Crippen molar-refractivity contribution in [3.63, 3.8) is 0 Å². The summed E-state index contributed by atoms with van der Waals surface area (Å²) < 4.78 is 26.2. The van der Waals surface area contributed by atoms with Crippen molar-refractivity contribution in [1.82, 2.24) is 9.04 Å². The number of imide groups is 1. The van der Waals surface area contributed by atoms with Gasteiger partial charge < -0.3 is 4.84 Å². The van der Waals surface area contributed by atoms with Crippen LogP contribution in [0.2, 0.25) is 0 Å². The molecule has 2 aromatic carbocycles. The van der Waals surface area contributed by atoms with Gasteiger partial charge in [-0.25, -0.2) is 17.2 Å². The van der Waals surface area contributed by atoms with Crippen molar-refractivity contribution >= 4 is 27.8 Å². The molecule has 0 radical (unpaired) electrons. The summed E-state index contributed by atoms with van der Waals surface area (Å²) in [4.78, 5) is 41.9. The largest absolute Gasteiger partial charge is 0.365 e. The second-order valence-corrected chi connectivity index (χ2v) is 8.22. The molecule has 0 bridgehead atoms. The average molecular weight is 410 g/mol. The van der Waals surface area contributed by atoms with Gasteiger partial charge in [-0.3, -0.25) is 9.59 Å². The number of fused-ring (bicyclic) bond motifs is 1. The van der Waals surface area contributed by atoms with Gasteiger partial charge in [0.05, 0.1) is 21.6 Å². The Morgan fingerprint density at radius 1 is 0.897 bits per heavy atom. The lowest BCUT2D eigenvalue weighted by molar-refractivity contribution is -0.0584. The van der Waals surface area contributed by atoms with Crippen LogP contribution in [0.25, 0.3) is 0 Å². The van der Waals surface area contributed by atoms with E-state index in [0.717, 1.165) is 15.7 Å². The number of aromatic nitrogens is 1. The summed E-state index contributed by atoms with van der Waals surface area (Å²) in [6.45, 7) is 1.83. The van der Waals surface area contributed by atoms with Crippen molar-refractivity contribution < 1.29 is 27.6 Å². The first-order valence-electron chi connectivity index (χ1n) is 8.49. The first-order valence-corrected chi connectivity index (χ1v) is 9.93. The fourth-order valence-corrected chi connectivity index (χ4v) is 4.06. The summed E-state index contributed by atoms with van der Waals surface area (Å²) in [5.74, 6) is -2.55. The molecule has 2 heterocycles. The fourth-order valence-electron chi connectivity index (χ4n) is 2.86. The summed E-state index contributed by atoms with van der Waals surface area (Å²) in [6.07, 6.45) is 2.25. The standard InChI is InChI=1S/C20H14N2O6S/c1-13-6-8-15(9-7-13)29(26,27)21-11-10-14(12-21)20(25)28-22-18(23)16-4-2-3-5-17(16)19(22)24/h2-12H,1H3. The molecule has 0 spiro atoms. The van der Waals surface area contributed by atoms with Crippen LogP contribution in [-0.4, -0.2) is 35.2 Å². The van der Waals surface area contributed by atoms with Gasteiger partial charge in [-0.15, -0.1) is 0 Å². The zero-order chi connectivity index (χ0) is 20.8. The third kappa shape index (κ3) is 3.11. The first kappa shape index (κ1) is 18.6. The molecule has 0 saturated heterocycles. The number of nitrogens with zero attached hydrogens (tertiary/aromatic N) is 2. The second kappa shape index (κ2) is 6.71. The predicted octanol–water partition coefficient (Wildman–Crippen LogP) is 2.40.